The number of carbonyl (C=O) groups excluding carboxylic acids is 1. The van der Waals surface area contributed by atoms with Crippen LogP contribution < -0.4 is 15.1 Å². The lowest BCUT2D eigenvalue weighted by Gasteiger charge is -2.02. The van der Waals surface area contributed by atoms with Gasteiger partial charge in [0.1, 0.15) is 6.54 Å². The maximum Gasteiger partial charge on any atom is 0.396 e. The molecule has 0 aliphatic heterocycles. The van der Waals surface area contributed by atoms with Crippen molar-refractivity contribution in [2.45, 2.75) is 6.54 Å². The van der Waals surface area contributed by atoms with E-state index in [2.05, 4.69) is 25.9 Å². The average Bonchev–Trinajstić information content (AvgIpc) is 3.33. The molecule has 0 aliphatic rings. The minimum atomic E-state index is -0.420. The topological polar surface area (TPSA) is 124 Å². The van der Waals surface area contributed by atoms with Gasteiger partial charge >= 0.3 is 4.94 Å². The lowest BCUT2D eigenvalue weighted by Crippen LogP contribution is -2.24. The Kier molecular flexibility index (Phi) is 5.12. The van der Waals surface area contributed by atoms with Gasteiger partial charge in [0.25, 0.3) is 5.91 Å². The number of fused-ring (bicyclic) bond motifs is 1. The van der Waals surface area contributed by atoms with Crippen molar-refractivity contribution in [3.63, 3.8) is 0 Å². The van der Waals surface area contributed by atoms with Crippen molar-refractivity contribution < 1.29 is 13.9 Å². The maximum absolute atomic E-state index is 12.1. The van der Waals surface area contributed by atoms with Gasteiger partial charge in [-0.2, -0.15) is 9.90 Å². The molecule has 11 heteroatoms. The van der Waals surface area contributed by atoms with Crippen molar-refractivity contribution in [2.24, 2.45) is 5.10 Å². The molecule has 4 rings (SSSR count). The average molecular weight is 410 g/mol. The Morgan fingerprint density at radius 3 is 2.97 bits per heavy atom. The number of hydrogen-bond acceptors (Lipinski definition) is 9. The molecule has 2 aromatic heterocycles. The number of methoxy groups -OCH3 is 1. The summed E-state index contributed by atoms with van der Waals surface area (Å²) in [5.41, 5.74) is 4.23. The number of aromatic nitrogens is 4. The van der Waals surface area contributed by atoms with Gasteiger partial charge in [0.2, 0.25) is 5.82 Å². The minimum absolute atomic E-state index is 0.136. The Morgan fingerprint density at radius 2 is 2.17 bits per heavy atom. The second-order valence-electron chi connectivity index (χ2n) is 5.81. The van der Waals surface area contributed by atoms with Gasteiger partial charge in [-0.25, -0.2) is 10.2 Å². The van der Waals surface area contributed by atoms with Gasteiger partial charge < -0.3 is 9.15 Å². The summed E-state index contributed by atoms with van der Waals surface area (Å²) in [6.45, 7) is -0.136. The van der Waals surface area contributed by atoms with Crippen molar-refractivity contribution in [2.75, 3.05) is 7.11 Å². The molecular weight excluding hydrogens is 396 g/mol. The van der Waals surface area contributed by atoms with Gasteiger partial charge in [0, 0.05) is 5.56 Å². The Bertz CT molecular complexity index is 1240. The van der Waals surface area contributed by atoms with Crippen LogP contribution in [0.15, 0.2) is 56.8 Å². The molecule has 4 aromatic rings. The SMILES string of the molecule is COc1cc(/C=N/NC(=O)Cn2nnc(-c3ccccc3)n2)cc2sc(=O)oc12. The third kappa shape index (κ3) is 4.19. The van der Waals surface area contributed by atoms with Crippen LogP contribution in [0.25, 0.3) is 21.7 Å². The number of carbonyl (C=O) groups is 1. The van der Waals surface area contributed by atoms with E-state index in [1.54, 1.807) is 12.1 Å². The summed E-state index contributed by atoms with van der Waals surface area (Å²) in [5.74, 6) is 0.426. The Balaban J connectivity index is 1.41. The predicted molar refractivity (Wildman–Crippen MR) is 106 cm³/mol. The van der Waals surface area contributed by atoms with E-state index in [0.717, 1.165) is 16.9 Å². The van der Waals surface area contributed by atoms with Gasteiger partial charge in [-0.15, -0.1) is 10.2 Å². The van der Waals surface area contributed by atoms with E-state index in [9.17, 15) is 9.59 Å². The van der Waals surface area contributed by atoms with Crippen molar-refractivity contribution in [3.8, 4) is 17.1 Å². The Morgan fingerprint density at radius 1 is 1.34 bits per heavy atom. The second kappa shape index (κ2) is 8.02. The summed E-state index contributed by atoms with van der Waals surface area (Å²) in [6.07, 6.45) is 1.44. The largest absolute Gasteiger partial charge is 0.493 e. The highest BCUT2D eigenvalue weighted by atomic mass is 32.1. The van der Waals surface area contributed by atoms with E-state index >= 15 is 0 Å². The monoisotopic (exact) mass is 410 g/mol. The summed E-state index contributed by atoms with van der Waals surface area (Å²) in [6, 6.07) is 12.7. The van der Waals surface area contributed by atoms with Crippen LogP contribution in [-0.2, 0) is 11.3 Å². The number of amides is 1. The lowest BCUT2D eigenvalue weighted by atomic mass is 10.2. The second-order valence-corrected chi connectivity index (χ2v) is 6.78. The van der Waals surface area contributed by atoms with Crippen molar-refractivity contribution in [1.29, 1.82) is 0 Å². The van der Waals surface area contributed by atoms with Gasteiger partial charge in [-0.1, -0.05) is 41.7 Å². The summed E-state index contributed by atoms with van der Waals surface area (Å²) in [5, 5.41) is 15.9. The third-order valence-corrected chi connectivity index (χ3v) is 4.59. The molecular formula is C18H14N6O4S. The molecule has 0 fully saturated rings. The van der Waals surface area contributed by atoms with Crippen LogP contribution in [0.4, 0.5) is 0 Å². The van der Waals surface area contributed by atoms with E-state index in [-0.39, 0.29) is 6.54 Å². The van der Waals surface area contributed by atoms with Gasteiger partial charge in [-0.05, 0) is 22.9 Å². The first-order chi connectivity index (χ1) is 14.1. The summed E-state index contributed by atoms with van der Waals surface area (Å²) >= 11 is 0.960. The molecule has 1 N–H and O–H groups in total. The molecule has 2 heterocycles. The van der Waals surface area contributed by atoms with Gasteiger partial charge in [-0.3, -0.25) is 4.79 Å². The van der Waals surface area contributed by atoms with E-state index in [4.69, 9.17) is 9.15 Å². The molecule has 0 spiro atoms. The molecule has 0 atom stereocenters. The van der Waals surface area contributed by atoms with E-state index in [1.165, 1.54) is 18.1 Å². The Hall–Kier alpha value is -3.86. The first-order valence-electron chi connectivity index (χ1n) is 8.39. The highest BCUT2D eigenvalue weighted by molar-refractivity contribution is 7.16. The van der Waals surface area contributed by atoms with Gasteiger partial charge in [0.15, 0.2) is 11.3 Å². The van der Waals surface area contributed by atoms with Crippen LogP contribution in [0.5, 0.6) is 5.75 Å². The standard InChI is InChI=1S/C18H14N6O4S/c1-27-13-7-11(8-14-16(13)28-18(26)29-14)9-19-20-15(25)10-24-22-17(21-23-24)12-5-3-2-4-6-12/h2-9H,10H2,1H3,(H,20,25)/b19-9+. The van der Waals surface area contributed by atoms with Crippen LogP contribution in [0.2, 0.25) is 0 Å². The molecule has 0 saturated carbocycles. The fraction of sp³-hybridized carbons (Fsp3) is 0.111. The number of nitrogens with zero attached hydrogens (tertiary/aromatic N) is 5. The summed E-state index contributed by atoms with van der Waals surface area (Å²) in [4.78, 5) is 24.2. The molecule has 29 heavy (non-hydrogen) atoms. The van der Waals surface area contributed by atoms with Gasteiger partial charge in [0.05, 0.1) is 18.0 Å². The number of benzene rings is 2. The highest BCUT2D eigenvalue weighted by Crippen LogP contribution is 2.28. The molecule has 0 saturated heterocycles. The predicted octanol–water partition coefficient (Wildman–Crippen LogP) is 1.67. The van der Waals surface area contributed by atoms with E-state index in [1.807, 2.05) is 30.3 Å². The van der Waals surface area contributed by atoms with Crippen molar-refractivity contribution in [3.05, 3.63) is 57.8 Å². The zero-order chi connectivity index (χ0) is 20.2. The van der Waals surface area contributed by atoms with Crippen molar-refractivity contribution >= 4 is 33.7 Å². The summed E-state index contributed by atoms with van der Waals surface area (Å²) in [7, 11) is 1.48. The van der Waals surface area contributed by atoms with Crippen LogP contribution in [-0.4, -0.2) is 39.4 Å². The highest BCUT2D eigenvalue weighted by Gasteiger charge is 2.11. The number of hydrogen-bond donors (Lipinski definition) is 1. The first kappa shape index (κ1) is 18.5. The van der Waals surface area contributed by atoms with E-state index in [0.29, 0.717) is 27.4 Å². The fourth-order valence-electron chi connectivity index (χ4n) is 2.55. The maximum atomic E-state index is 12.1. The Labute approximate surface area is 167 Å². The molecule has 0 aliphatic carbocycles. The van der Waals surface area contributed by atoms with Crippen LogP contribution in [0, 0.1) is 0 Å². The quantitative estimate of drug-likeness (QED) is 0.379. The summed E-state index contributed by atoms with van der Waals surface area (Å²) < 4.78 is 10.9. The van der Waals surface area contributed by atoms with Crippen LogP contribution in [0.1, 0.15) is 5.56 Å². The van der Waals surface area contributed by atoms with E-state index < -0.39 is 10.8 Å². The first-order valence-corrected chi connectivity index (χ1v) is 9.21. The number of nitrogens with one attached hydrogen (secondary N) is 1. The number of rotatable bonds is 6. The molecule has 0 bridgehead atoms. The molecule has 2 aromatic carbocycles. The smallest absolute Gasteiger partial charge is 0.396 e. The van der Waals surface area contributed by atoms with Crippen LogP contribution in [0.3, 0.4) is 0 Å². The number of tetrazole rings is 1. The normalized spacial score (nSPS) is 11.2. The zero-order valence-electron chi connectivity index (χ0n) is 15.1. The lowest BCUT2D eigenvalue weighted by molar-refractivity contribution is -0.122. The molecule has 146 valence electrons. The number of ether oxygens (including phenoxy) is 1. The number of hydrazone groups is 1. The van der Waals surface area contributed by atoms with Crippen molar-refractivity contribution in [1.82, 2.24) is 25.6 Å². The molecule has 10 nitrogen and oxygen atoms in total. The fourth-order valence-corrected chi connectivity index (χ4v) is 3.28. The molecule has 0 unspecified atom stereocenters. The van der Waals surface area contributed by atoms with Crippen LogP contribution >= 0.6 is 11.3 Å². The third-order valence-electron chi connectivity index (χ3n) is 3.81. The zero-order valence-corrected chi connectivity index (χ0v) is 15.9. The molecule has 0 radical (unpaired) electrons. The molecule has 1 amide bonds. The minimum Gasteiger partial charge on any atom is -0.493 e.